The first-order valence-electron chi connectivity index (χ1n) is 6.43. The van der Waals surface area contributed by atoms with Crippen LogP contribution < -0.4 is 5.32 Å². The molecule has 2 N–H and O–H groups in total. The first-order valence-corrected chi connectivity index (χ1v) is 7.31. The fourth-order valence-electron chi connectivity index (χ4n) is 2.25. The molecule has 2 unspecified atom stereocenters. The van der Waals surface area contributed by atoms with E-state index >= 15 is 0 Å². The highest BCUT2D eigenvalue weighted by Crippen LogP contribution is 2.12. The number of amides is 1. The molecule has 2 atom stereocenters. The second-order valence-electron chi connectivity index (χ2n) is 4.60. The zero-order valence-electron chi connectivity index (χ0n) is 10.6. The Labute approximate surface area is 112 Å². The summed E-state index contributed by atoms with van der Waals surface area (Å²) in [4.78, 5) is 15.4. The predicted octanol–water partition coefficient (Wildman–Crippen LogP) is 0.862. The van der Waals surface area contributed by atoms with Gasteiger partial charge in [-0.2, -0.15) is 0 Å². The second kappa shape index (κ2) is 6.31. The average molecular weight is 268 g/mol. The molecule has 1 aromatic rings. The van der Waals surface area contributed by atoms with E-state index in [1.807, 2.05) is 17.9 Å². The number of β-amino-alcohol motifs (C(OH)–C–C–N with tert-alkyl or cyclic N) is 1. The first-order chi connectivity index (χ1) is 8.70. The lowest BCUT2D eigenvalue weighted by Crippen LogP contribution is -2.44. The highest BCUT2D eigenvalue weighted by Gasteiger charge is 2.30. The van der Waals surface area contributed by atoms with E-state index in [1.165, 1.54) is 4.88 Å². The number of aliphatic hydroxyl groups is 1. The Morgan fingerprint density at radius 3 is 3.06 bits per heavy atom. The van der Waals surface area contributed by atoms with Crippen molar-refractivity contribution in [3.8, 4) is 0 Å². The van der Waals surface area contributed by atoms with Gasteiger partial charge in [0.05, 0.1) is 12.1 Å². The molecular formula is C13H20N2O2S. The molecule has 1 saturated heterocycles. The van der Waals surface area contributed by atoms with Crippen LogP contribution in [0.25, 0.3) is 0 Å². The number of carbonyl (C=O) groups is 1. The summed E-state index contributed by atoms with van der Waals surface area (Å²) in [5, 5.41) is 14.6. The van der Waals surface area contributed by atoms with Crippen LogP contribution in [0.4, 0.5) is 0 Å². The van der Waals surface area contributed by atoms with Crippen LogP contribution in [0, 0.1) is 0 Å². The summed E-state index contributed by atoms with van der Waals surface area (Å²) in [6.45, 7) is 4.00. The molecule has 0 radical (unpaired) electrons. The Morgan fingerprint density at radius 1 is 1.67 bits per heavy atom. The van der Waals surface area contributed by atoms with Crippen LogP contribution in [0.5, 0.6) is 0 Å². The van der Waals surface area contributed by atoms with Crippen LogP contribution in [0.15, 0.2) is 17.5 Å². The van der Waals surface area contributed by atoms with Gasteiger partial charge in [0.1, 0.15) is 0 Å². The van der Waals surface area contributed by atoms with Gasteiger partial charge in [0.2, 0.25) is 5.91 Å². The summed E-state index contributed by atoms with van der Waals surface area (Å²) in [6, 6.07) is 3.93. The molecule has 0 spiro atoms. The highest BCUT2D eigenvalue weighted by molar-refractivity contribution is 7.09. The van der Waals surface area contributed by atoms with E-state index in [2.05, 4.69) is 16.8 Å². The third kappa shape index (κ3) is 3.31. The molecule has 100 valence electrons. The SMILES string of the molecule is CCN(CCc1cccs1)C(=O)C1CC(O)CN1. The Balaban J connectivity index is 1.86. The molecule has 5 heteroatoms. The van der Waals surface area contributed by atoms with Gasteiger partial charge in [-0.25, -0.2) is 0 Å². The Bertz CT molecular complexity index is 380. The van der Waals surface area contributed by atoms with E-state index in [-0.39, 0.29) is 18.1 Å². The quantitative estimate of drug-likeness (QED) is 0.833. The fourth-order valence-corrected chi connectivity index (χ4v) is 2.95. The van der Waals surface area contributed by atoms with Gasteiger partial charge in [-0.3, -0.25) is 4.79 Å². The number of rotatable bonds is 5. The van der Waals surface area contributed by atoms with Gasteiger partial charge in [-0.1, -0.05) is 6.07 Å². The van der Waals surface area contributed by atoms with Gasteiger partial charge in [0.25, 0.3) is 0 Å². The van der Waals surface area contributed by atoms with Crippen LogP contribution in [0.1, 0.15) is 18.2 Å². The van der Waals surface area contributed by atoms with Crippen LogP contribution in [0.3, 0.4) is 0 Å². The third-order valence-electron chi connectivity index (χ3n) is 3.31. The third-order valence-corrected chi connectivity index (χ3v) is 4.24. The minimum absolute atomic E-state index is 0.116. The predicted molar refractivity (Wildman–Crippen MR) is 72.7 cm³/mol. The summed E-state index contributed by atoms with van der Waals surface area (Å²) in [6.07, 6.45) is 1.07. The lowest BCUT2D eigenvalue weighted by Gasteiger charge is -2.24. The molecule has 2 rings (SSSR count). The van der Waals surface area contributed by atoms with Crippen LogP contribution in [-0.2, 0) is 11.2 Å². The number of aliphatic hydroxyl groups excluding tert-OH is 1. The number of likely N-dealkylation sites (N-methyl/N-ethyl adjacent to an activating group) is 1. The van der Waals surface area contributed by atoms with Gasteiger partial charge in [0.15, 0.2) is 0 Å². The molecular weight excluding hydrogens is 248 g/mol. The molecule has 1 aliphatic heterocycles. The standard InChI is InChI=1S/C13H20N2O2S/c1-2-15(6-5-11-4-3-7-18-11)13(17)12-8-10(16)9-14-12/h3-4,7,10,12,14,16H,2,5-6,8-9H2,1H3. The van der Waals surface area contributed by atoms with Crippen molar-refractivity contribution in [2.45, 2.75) is 31.9 Å². The number of nitrogens with one attached hydrogen (secondary N) is 1. The van der Waals surface area contributed by atoms with Gasteiger partial charge in [0, 0.05) is 24.5 Å². The topological polar surface area (TPSA) is 52.6 Å². The molecule has 0 bridgehead atoms. The van der Waals surface area contributed by atoms with E-state index in [0.29, 0.717) is 13.0 Å². The summed E-state index contributed by atoms with van der Waals surface area (Å²) in [7, 11) is 0. The maximum Gasteiger partial charge on any atom is 0.239 e. The maximum absolute atomic E-state index is 12.2. The second-order valence-corrected chi connectivity index (χ2v) is 5.63. The van der Waals surface area contributed by atoms with Crippen molar-refractivity contribution in [3.05, 3.63) is 22.4 Å². The summed E-state index contributed by atoms with van der Waals surface area (Å²) in [5.41, 5.74) is 0. The van der Waals surface area contributed by atoms with Crippen molar-refractivity contribution in [1.29, 1.82) is 0 Å². The molecule has 1 fully saturated rings. The van der Waals surface area contributed by atoms with Gasteiger partial charge < -0.3 is 15.3 Å². The van der Waals surface area contributed by atoms with E-state index in [0.717, 1.165) is 19.5 Å². The average Bonchev–Trinajstić information content (AvgIpc) is 3.00. The summed E-state index contributed by atoms with van der Waals surface area (Å²) in [5.74, 6) is 0.116. The van der Waals surface area contributed by atoms with Crippen molar-refractivity contribution in [1.82, 2.24) is 10.2 Å². The van der Waals surface area contributed by atoms with E-state index in [9.17, 15) is 9.90 Å². The molecule has 0 aromatic carbocycles. The van der Waals surface area contributed by atoms with E-state index in [4.69, 9.17) is 0 Å². The summed E-state index contributed by atoms with van der Waals surface area (Å²) < 4.78 is 0. The van der Waals surface area contributed by atoms with Crippen LogP contribution in [-0.4, -0.2) is 47.7 Å². The minimum Gasteiger partial charge on any atom is -0.392 e. The number of hydrogen-bond acceptors (Lipinski definition) is 4. The first kappa shape index (κ1) is 13.5. The zero-order chi connectivity index (χ0) is 13.0. The Kier molecular flexibility index (Phi) is 4.74. The maximum atomic E-state index is 12.2. The smallest absolute Gasteiger partial charge is 0.239 e. The number of carbonyl (C=O) groups excluding carboxylic acids is 1. The Morgan fingerprint density at radius 2 is 2.50 bits per heavy atom. The molecule has 4 nitrogen and oxygen atoms in total. The summed E-state index contributed by atoms with van der Waals surface area (Å²) >= 11 is 1.73. The Hall–Kier alpha value is -0.910. The highest BCUT2D eigenvalue weighted by atomic mass is 32.1. The number of nitrogens with zero attached hydrogens (tertiary/aromatic N) is 1. The van der Waals surface area contributed by atoms with Gasteiger partial charge in [-0.05, 0) is 31.2 Å². The number of thiophene rings is 1. The van der Waals surface area contributed by atoms with Crippen molar-refractivity contribution < 1.29 is 9.90 Å². The van der Waals surface area contributed by atoms with Crippen molar-refractivity contribution >= 4 is 17.2 Å². The molecule has 1 amide bonds. The monoisotopic (exact) mass is 268 g/mol. The molecule has 0 aliphatic carbocycles. The van der Waals surface area contributed by atoms with Gasteiger partial charge >= 0.3 is 0 Å². The van der Waals surface area contributed by atoms with Gasteiger partial charge in [-0.15, -0.1) is 11.3 Å². The number of hydrogen-bond donors (Lipinski definition) is 2. The molecule has 18 heavy (non-hydrogen) atoms. The van der Waals surface area contributed by atoms with Crippen molar-refractivity contribution in [2.75, 3.05) is 19.6 Å². The van der Waals surface area contributed by atoms with Crippen molar-refractivity contribution in [3.63, 3.8) is 0 Å². The zero-order valence-corrected chi connectivity index (χ0v) is 11.4. The van der Waals surface area contributed by atoms with Crippen LogP contribution in [0.2, 0.25) is 0 Å². The lowest BCUT2D eigenvalue weighted by atomic mass is 10.1. The molecule has 1 aromatic heterocycles. The van der Waals surface area contributed by atoms with Crippen molar-refractivity contribution in [2.24, 2.45) is 0 Å². The van der Waals surface area contributed by atoms with E-state index < -0.39 is 0 Å². The fraction of sp³-hybridized carbons (Fsp3) is 0.615. The largest absolute Gasteiger partial charge is 0.392 e. The van der Waals surface area contributed by atoms with Crippen LogP contribution >= 0.6 is 11.3 Å². The normalized spacial score (nSPS) is 23.2. The molecule has 2 heterocycles. The molecule has 1 aliphatic rings. The van der Waals surface area contributed by atoms with E-state index in [1.54, 1.807) is 11.3 Å². The minimum atomic E-state index is -0.380. The lowest BCUT2D eigenvalue weighted by molar-refractivity contribution is -0.133. The molecule has 0 saturated carbocycles.